The van der Waals surface area contributed by atoms with Gasteiger partial charge in [0.05, 0.1) is 0 Å². The van der Waals surface area contributed by atoms with Crippen LogP contribution in [0.3, 0.4) is 0 Å². The van der Waals surface area contributed by atoms with Crippen LogP contribution in [0.4, 0.5) is 0 Å². The summed E-state index contributed by atoms with van der Waals surface area (Å²) in [5.74, 6) is 0. The number of hydrogen-bond donors (Lipinski definition) is 0. The number of aromatic nitrogens is 6. The van der Waals surface area contributed by atoms with Crippen molar-refractivity contribution in [2.45, 2.75) is 55.4 Å². The first kappa shape index (κ1) is 23.9. The van der Waals surface area contributed by atoms with Crippen LogP contribution >= 0.6 is 0 Å². The third-order valence-corrected chi connectivity index (χ3v) is 5.83. The predicted molar refractivity (Wildman–Crippen MR) is 120 cm³/mol. The summed E-state index contributed by atoms with van der Waals surface area (Å²) in [6, 6.07) is 0. The van der Waals surface area contributed by atoms with Crippen LogP contribution in [-0.2, 0) is 42.9 Å². The summed E-state index contributed by atoms with van der Waals surface area (Å²) in [5, 5.41) is 14.5. The Morgan fingerprint density at radius 3 is 0.897 bits per heavy atom. The molecule has 0 aliphatic carbocycles. The molecule has 3 heterocycles. The van der Waals surface area contributed by atoms with Gasteiger partial charge in [0.2, 0.25) is 0 Å². The summed E-state index contributed by atoms with van der Waals surface area (Å²) in [4.78, 5) is 0. The van der Waals surface area contributed by atoms with Crippen LogP contribution in [0.1, 0.15) is 33.8 Å². The van der Waals surface area contributed by atoms with Crippen LogP contribution in [0.2, 0.25) is 13.9 Å². The molecule has 0 fully saturated rings. The maximum atomic E-state index is 4.84. The molecular formula is C21H36BN6Zr. The SMILES string of the molecule is Cc1c(B(c2nn(C)c(C)c2C)c2nn(C)c(C)c2C)nn(C)c1C.[CH3][Zr]([CH3])[CH3]. The van der Waals surface area contributed by atoms with Crippen molar-refractivity contribution in [3.05, 3.63) is 33.8 Å². The van der Waals surface area contributed by atoms with Gasteiger partial charge in [0, 0.05) is 55.0 Å². The molecule has 3 aromatic heterocycles. The van der Waals surface area contributed by atoms with Gasteiger partial charge < -0.3 is 0 Å². The van der Waals surface area contributed by atoms with Gasteiger partial charge in [-0.3, -0.25) is 14.0 Å². The molecule has 0 atom stereocenters. The zero-order chi connectivity index (χ0) is 22.2. The predicted octanol–water partition coefficient (Wildman–Crippen LogP) is 2.00. The van der Waals surface area contributed by atoms with Gasteiger partial charge in [-0.25, -0.2) is 0 Å². The van der Waals surface area contributed by atoms with E-state index in [1.165, 1.54) is 33.8 Å². The molecule has 6 nitrogen and oxygen atoms in total. The molecule has 0 spiro atoms. The van der Waals surface area contributed by atoms with Crippen molar-refractivity contribution in [1.82, 2.24) is 29.3 Å². The van der Waals surface area contributed by atoms with Gasteiger partial charge in [-0.1, -0.05) is 0 Å². The van der Waals surface area contributed by atoms with Gasteiger partial charge in [0.25, 0.3) is 0 Å². The summed E-state index contributed by atoms with van der Waals surface area (Å²) in [6.45, 7) is 12.7. The van der Waals surface area contributed by atoms with Crippen LogP contribution < -0.4 is 16.8 Å². The van der Waals surface area contributed by atoms with Crippen LogP contribution in [0.15, 0.2) is 0 Å². The second-order valence-electron chi connectivity index (χ2n) is 8.59. The number of nitrogens with zero attached hydrogens (tertiary/aromatic N) is 6. The second-order valence-corrected chi connectivity index (χ2v) is 16.0. The molecule has 0 saturated carbocycles. The summed E-state index contributed by atoms with van der Waals surface area (Å²) < 4.78 is 12.9. The Hall–Kier alpha value is -1.42. The van der Waals surface area contributed by atoms with Gasteiger partial charge in [-0.05, 0) is 58.2 Å². The van der Waals surface area contributed by atoms with E-state index in [9.17, 15) is 0 Å². The fourth-order valence-electron chi connectivity index (χ4n) is 3.43. The van der Waals surface area contributed by atoms with Crippen molar-refractivity contribution in [3.63, 3.8) is 0 Å². The number of rotatable bonds is 3. The molecule has 0 unspecified atom stereocenters. The van der Waals surface area contributed by atoms with E-state index in [1.54, 1.807) is 0 Å². The number of aryl methyl sites for hydroxylation is 3. The summed E-state index contributed by atoms with van der Waals surface area (Å²) >= 11 is -0.543. The summed E-state index contributed by atoms with van der Waals surface area (Å²) in [7, 11) is 5.99. The Bertz CT molecular complexity index is 884. The van der Waals surface area contributed by atoms with Crippen molar-refractivity contribution in [3.8, 4) is 0 Å². The Morgan fingerprint density at radius 1 is 0.552 bits per heavy atom. The quantitative estimate of drug-likeness (QED) is 0.546. The maximum absolute atomic E-state index is 4.84. The molecule has 0 radical (unpaired) electrons. The number of hydrogen-bond acceptors (Lipinski definition) is 3. The van der Waals surface area contributed by atoms with Crippen molar-refractivity contribution in [2.24, 2.45) is 21.1 Å². The molecule has 0 aromatic carbocycles. The topological polar surface area (TPSA) is 53.5 Å². The van der Waals surface area contributed by atoms with Crippen LogP contribution in [0.5, 0.6) is 0 Å². The monoisotopic (exact) mass is 473 g/mol. The second kappa shape index (κ2) is 9.16. The minimum absolute atomic E-state index is 0.0558. The van der Waals surface area contributed by atoms with Crippen molar-refractivity contribution in [2.75, 3.05) is 0 Å². The molecule has 0 aliphatic heterocycles. The first-order valence-corrected chi connectivity index (χ1v) is 17.5. The van der Waals surface area contributed by atoms with E-state index in [0.717, 1.165) is 16.8 Å². The Balaban J connectivity index is 0.000000687. The van der Waals surface area contributed by atoms with Crippen molar-refractivity contribution >= 4 is 23.5 Å². The Labute approximate surface area is 184 Å². The zero-order valence-electron chi connectivity index (χ0n) is 20.3. The Kier molecular flexibility index (Phi) is 7.53. The average molecular weight is 475 g/mol. The van der Waals surface area contributed by atoms with E-state index in [1.807, 2.05) is 35.2 Å². The van der Waals surface area contributed by atoms with Gasteiger partial charge in [-0.15, -0.1) is 0 Å². The molecule has 29 heavy (non-hydrogen) atoms. The summed E-state index contributed by atoms with van der Waals surface area (Å²) in [6.07, 6.45) is 0. The molecule has 0 bridgehead atoms. The third kappa shape index (κ3) is 4.68. The van der Waals surface area contributed by atoms with E-state index >= 15 is 0 Å². The van der Waals surface area contributed by atoms with Crippen molar-refractivity contribution in [1.29, 1.82) is 0 Å². The van der Waals surface area contributed by atoms with Crippen molar-refractivity contribution < 1.29 is 21.8 Å². The normalized spacial score (nSPS) is 10.8. The summed E-state index contributed by atoms with van der Waals surface area (Å²) in [5.41, 5.74) is 10.3. The molecule has 0 saturated heterocycles. The average Bonchev–Trinajstić information content (AvgIpc) is 3.14. The third-order valence-electron chi connectivity index (χ3n) is 5.83. The molecule has 0 aliphatic rings. The van der Waals surface area contributed by atoms with Gasteiger partial charge in [0.15, 0.2) is 0 Å². The molecular weight excluding hydrogens is 438 g/mol. The molecule has 157 valence electrons. The zero-order valence-corrected chi connectivity index (χ0v) is 22.7. The van der Waals surface area contributed by atoms with E-state index in [2.05, 4.69) is 55.4 Å². The van der Waals surface area contributed by atoms with E-state index in [-0.39, 0.29) is 6.71 Å². The molecule has 0 amide bonds. The first-order valence-electron chi connectivity index (χ1n) is 10.1. The Morgan fingerprint density at radius 2 is 0.759 bits per heavy atom. The fraction of sp³-hybridized carbons (Fsp3) is 0.571. The standard InChI is InChI=1S/C18H27BN6.3CH3.Zr/c1-10-13(4)23(7)20-16(10)19(17-11(2)14(5)24(8)21-17)18-12(3)15(6)25(9)22-18;;;;/h1-9H3;3*1H3;. The van der Waals surface area contributed by atoms with E-state index in [4.69, 9.17) is 15.3 Å². The van der Waals surface area contributed by atoms with Gasteiger partial charge >= 0.3 is 42.4 Å². The first-order chi connectivity index (χ1) is 13.4. The molecule has 3 aromatic rings. The van der Waals surface area contributed by atoms with Crippen LogP contribution in [0, 0.1) is 41.5 Å². The fourth-order valence-corrected chi connectivity index (χ4v) is 3.43. The minimum atomic E-state index is -0.543. The molecule has 3 rings (SSSR count). The van der Waals surface area contributed by atoms with Crippen LogP contribution in [0.25, 0.3) is 0 Å². The van der Waals surface area contributed by atoms with E-state index < -0.39 is 21.8 Å². The van der Waals surface area contributed by atoms with Crippen LogP contribution in [-0.4, -0.2) is 36.1 Å². The van der Waals surface area contributed by atoms with E-state index in [0.29, 0.717) is 0 Å². The molecule has 8 heteroatoms. The van der Waals surface area contributed by atoms with Gasteiger partial charge in [0.1, 0.15) is 0 Å². The molecule has 0 N–H and O–H groups in total. The van der Waals surface area contributed by atoms with Gasteiger partial charge in [-0.2, -0.15) is 15.3 Å².